The Morgan fingerprint density at radius 2 is 1.73 bits per heavy atom. The Morgan fingerprint density at radius 1 is 0.985 bits per heavy atom. The van der Waals surface area contributed by atoms with Gasteiger partial charge in [-0.15, -0.1) is 0 Å². The number of aromatic nitrogens is 1. The van der Waals surface area contributed by atoms with Crippen LogP contribution >= 0.6 is 7.60 Å². The topological polar surface area (TPSA) is 218 Å². The number of esters is 1. The molecule has 1 aliphatic carbocycles. The van der Waals surface area contributed by atoms with Gasteiger partial charge in [0.05, 0.1) is 39.1 Å². The third-order valence-electron chi connectivity index (χ3n) is 16.5. The van der Waals surface area contributed by atoms with Gasteiger partial charge in [0.1, 0.15) is 17.5 Å². The Morgan fingerprint density at radius 3 is 2.40 bits per heavy atom. The van der Waals surface area contributed by atoms with E-state index in [1.165, 1.54) is 7.11 Å². The fourth-order valence-corrected chi connectivity index (χ4v) is 15.4. The third kappa shape index (κ3) is 6.92. The van der Waals surface area contributed by atoms with Crippen LogP contribution in [0.1, 0.15) is 82.2 Å². The van der Waals surface area contributed by atoms with Crippen LogP contribution in [0.3, 0.4) is 0 Å². The van der Waals surface area contributed by atoms with Gasteiger partial charge < -0.3 is 54.4 Å². The normalized spacial score (nSPS) is 34.2. The van der Waals surface area contributed by atoms with E-state index in [1.54, 1.807) is 28.0 Å². The number of carbonyl (C=O) groups excluding carboxylic acids is 3. The molecule has 10 atom stereocenters. The van der Waals surface area contributed by atoms with Gasteiger partial charge in [-0.2, -0.15) is 0 Å². The minimum absolute atomic E-state index is 0.0769. The molecule has 3 aromatic rings. The standard InChI is InChI=1S/C49H67N6O11P/c1-8-45(59)25-30-26-48(43(57)63-7,38-32(17-21-54(27-30)28-45)31-15-12-13-16-35(31)52-38)34-23-33-36(24-37(34)62-6)53(5)40-47(33)19-22-55-20-14-18-46(9-2,39(47)55)41(49(40,60)42(50)56)66-44(58)51-29-67(61,64-10-3)65-11-4/h12-16,18,23-24,30,39-41,52,59-60H,8-11,17,19-22,25-29H2,1-7H3,(H2,50,56)(H,51,58)/t30-,39-,40+,41+,45-,46+,47+,48-,49-/m0/s1. The molecule has 0 radical (unpaired) electrons. The first-order valence-electron chi connectivity index (χ1n) is 23.8. The first-order valence-corrected chi connectivity index (χ1v) is 25.6. The van der Waals surface area contributed by atoms with E-state index < -0.39 is 77.5 Å². The van der Waals surface area contributed by atoms with Crippen molar-refractivity contribution in [3.8, 4) is 5.75 Å². The summed E-state index contributed by atoms with van der Waals surface area (Å²) in [6.45, 7) is 10.4. The number of para-hydroxylation sites is 1. The maximum atomic E-state index is 15.4. The molecule has 2 aromatic carbocycles. The molecule has 2 bridgehead atoms. The summed E-state index contributed by atoms with van der Waals surface area (Å²) in [5, 5.41) is 29.1. The number of alkyl carbamates (subject to hydrolysis) is 1. The van der Waals surface area contributed by atoms with Crippen molar-refractivity contribution >= 4 is 42.2 Å². The summed E-state index contributed by atoms with van der Waals surface area (Å²) in [4.78, 5) is 54.1. The number of hydrogen-bond acceptors (Lipinski definition) is 14. The van der Waals surface area contributed by atoms with Crippen molar-refractivity contribution in [3.05, 3.63) is 70.9 Å². The van der Waals surface area contributed by atoms with Crippen LogP contribution < -0.4 is 20.7 Å². The van der Waals surface area contributed by atoms with Crippen molar-refractivity contribution in [1.82, 2.24) is 20.1 Å². The van der Waals surface area contributed by atoms with Gasteiger partial charge in [0.15, 0.2) is 6.10 Å². The smallest absolute Gasteiger partial charge is 0.408 e. The Balaban J connectivity index is 1.27. The molecule has 3 fully saturated rings. The first kappa shape index (κ1) is 47.6. The molecule has 1 saturated carbocycles. The number of methoxy groups -OCH3 is 2. The number of nitrogens with two attached hydrogens (primary N) is 1. The summed E-state index contributed by atoms with van der Waals surface area (Å²) in [5.74, 6) is -1.30. The number of likely N-dealkylation sites (N-methyl/N-ethyl adjacent to an activating group) is 1. The van der Waals surface area contributed by atoms with Crippen LogP contribution in [0.15, 0.2) is 48.6 Å². The molecule has 2 amide bonds. The van der Waals surface area contributed by atoms with Gasteiger partial charge >= 0.3 is 19.7 Å². The van der Waals surface area contributed by atoms with Crippen LogP contribution in [-0.4, -0.2) is 146 Å². The molecule has 1 spiro atoms. The van der Waals surface area contributed by atoms with E-state index in [4.69, 9.17) is 29.0 Å². The predicted octanol–water partition coefficient (Wildman–Crippen LogP) is 4.69. The molecular weight excluding hydrogens is 880 g/mol. The van der Waals surface area contributed by atoms with E-state index in [0.29, 0.717) is 87.5 Å². The van der Waals surface area contributed by atoms with Crippen LogP contribution in [0.5, 0.6) is 5.75 Å². The van der Waals surface area contributed by atoms with Gasteiger partial charge in [0, 0.05) is 84.0 Å². The number of nitrogens with one attached hydrogen (secondary N) is 2. The molecule has 18 heteroatoms. The Bertz CT molecular complexity index is 2530. The summed E-state index contributed by atoms with van der Waals surface area (Å²) in [5.41, 5.74) is 3.86. The lowest BCUT2D eigenvalue weighted by atomic mass is 9.47. The summed E-state index contributed by atoms with van der Waals surface area (Å²) in [6, 6.07) is 10.5. The number of aromatic amines is 1. The number of amides is 2. The van der Waals surface area contributed by atoms with Crippen LogP contribution in [0, 0.1) is 11.3 Å². The van der Waals surface area contributed by atoms with Crippen molar-refractivity contribution < 1.29 is 52.4 Å². The summed E-state index contributed by atoms with van der Waals surface area (Å²) in [7, 11) is 1.02. The molecule has 17 nitrogen and oxygen atoms in total. The number of nitrogens with zero attached hydrogens (tertiary/aromatic N) is 3. The quantitative estimate of drug-likeness (QED) is 0.0893. The van der Waals surface area contributed by atoms with Gasteiger partial charge in [0.25, 0.3) is 5.91 Å². The number of benzene rings is 2. The largest absolute Gasteiger partial charge is 0.496 e. The number of rotatable bonds is 13. The van der Waals surface area contributed by atoms with Crippen molar-refractivity contribution in [2.75, 3.05) is 78.4 Å². The third-order valence-corrected chi connectivity index (χ3v) is 18.3. The Labute approximate surface area is 392 Å². The van der Waals surface area contributed by atoms with Gasteiger partial charge in [-0.25, -0.2) is 4.79 Å². The molecule has 1 aromatic heterocycles. The zero-order chi connectivity index (χ0) is 47.9. The van der Waals surface area contributed by atoms with Crippen LogP contribution in [0.25, 0.3) is 10.9 Å². The highest BCUT2D eigenvalue weighted by Crippen LogP contribution is 2.68. The zero-order valence-corrected chi connectivity index (χ0v) is 40.7. The highest BCUT2D eigenvalue weighted by molar-refractivity contribution is 7.53. The summed E-state index contributed by atoms with van der Waals surface area (Å²) in [6.07, 6.45) is 3.64. The highest BCUT2D eigenvalue weighted by Gasteiger charge is 2.80. The molecule has 1 unspecified atom stereocenters. The lowest BCUT2D eigenvalue weighted by Gasteiger charge is -2.63. The number of fused-ring (bicyclic) bond motifs is 6. The molecule has 6 N–H and O–H groups in total. The molecule has 6 heterocycles. The molecule has 5 aliphatic heterocycles. The zero-order valence-electron chi connectivity index (χ0n) is 39.8. The monoisotopic (exact) mass is 946 g/mol. The fraction of sp³-hybridized carbons (Fsp3) is 0.612. The van der Waals surface area contributed by atoms with Gasteiger partial charge in [0.2, 0.25) is 5.60 Å². The number of hydrogen-bond donors (Lipinski definition) is 5. The van der Waals surface area contributed by atoms with E-state index in [-0.39, 0.29) is 25.6 Å². The summed E-state index contributed by atoms with van der Waals surface area (Å²) >= 11 is 0. The Hall–Kier alpha value is -4.48. The molecule has 67 heavy (non-hydrogen) atoms. The molecule has 364 valence electrons. The molecular formula is C49H67N6O11P. The number of anilines is 1. The van der Waals surface area contributed by atoms with Crippen LogP contribution in [0.4, 0.5) is 10.5 Å². The number of piperidine rings is 1. The number of aliphatic hydroxyl groups is 2. The van der Waals surface area contributed by atoms with Crippen molar-refractivity contribution in [2.24, 2.45) is 17.1 Å². The molecule has 2 saturated heterocycles. The average molecular weight is 947 g/mol. The minimum Gasteiger partial charge on any atom is -0.496 e. The van der Waals surface area contributed by atoms with Gasteiger partial charge in [-0.05, 0) is 88.1 Å². The number of carbonyl (C=O) groups is 3. The maximum absolute atomic E-state index is 15.4. The number of H-pyrrole nitrogens is 1. The SMILES string of the molecule is CCOP(=O)(CNC(=O)O[C@@H]1[C@]2(CC)C=CCN3CC[C@@]4(c5cc([C@@]6(C(=O)OC)C[C@H]7CN(CCc8c6[nH]c6ccccc86)C[C@](O)(CC)C7)c(OC)cc5N(C)[C@H]4[C@@]1(O)C(N)=O)[C@@H]32)OCC. The van der Waals surface area contributed by atoms with Crippen LogP contribution in [-0.2, 0) is 49.9 Å². The average Bonchev–Trinajstić information content (AvgIpc) is 3.98. The van der Waals surface area contributed by atoms with Crippen LogP contribution in [0.2, 0.25) is 0 Å². The second-order valence-corrected chi connectivity index (χ2v) is 21.7. The summed E-state index contributed by atoms with van der Waals surface area (Å²) < 4.78 is 42.9. The first-order chi connectivity index (χ1) is 32.0. The van der Waals surface area contributed by atoms with Gasteiger partial charge in [-0.3, -0.25) is 24.0 Å². The second-order valence-electron chi connectivity index (χ2n) is 19.7. The fourth-order valence-electron chi connectivity index (χ4n) is 14.1. The minimum atomic E-state index is -3.76. The van der Waals surface area contributed by atoms with E-state index >= 15 is 4.79 Å². The Kier molecular flexibility index (Phi) is 12.2. The molecule has 9 rings (SSSR count). The number of primary amides is 1. The van der Waals surface area contributed by atoms with E-state index in [2.05, 4.69) is 32.2 Å². The second kappa shape index (κ2) is 17.2. The van der Waals surface area contributed by atoms with E-state index in [1.807, 2.05) is 55.2 Å². The lowest BCUT2D eigenvalue weighted by Crippen LogP contribution is -2.82. The van der Waals surface area contributed by atoms with E-state index in [0.717, 1.165) is 22.0 Å². The van der Waals surface area contributed by atoms with Crippen molar-refractivity contribution in [3.63, 3.8) is 0 Å². The van der Waals surface area contributed by atoms with Gasteiger partial charge in [-0.1, -0.05) is 44.2 Å². The van der Waals surface area contributed by atoms with E-state index in [9.17, 15) is 24.4 Å². The highest BCUT2D eigenvalue weighted by atomic mass is 31.2. The van der Waals surface area contributed by atoms with Crippen molar-refractivity contribution in [1.29, 1.82) is 0 Å². The molecule has 6 aliphatic rings. The number of ether oxygens (including phenoxy) is 3. The van der Waals surface area contributed by atoms with Crippen molar-refractivity contribution in [2.45, 2.75) is 106 Å². The predicted molar refractivity (Wildman–Crippen MR) is 251 cm³/mol. The lowest BCUT2D eigenvalue weighted by molar-refractivity contribution is -0.200. The maximum Gasteiger partial charge on any atom is 0.408 e.